The summed E-state index contributed by atoms with van der Waals surface area (Å²) < 4.78 is 49.0. The highest BCUT2D eigenvalue weighted by Crippen LogP contribution is 2.28. The molecule has 1 aliphatic rings. The normalized spacial score (nSPS) is 19.7. The monoisotopic (exact) mass is 390 g/mol. The van der Waals surface area contributed by atoms with Gasteiger partial charge in [0.2, 0.25) is 5.91 Å². The Hall–Kier alpha value is -3.18. The van der Waals surface area contributed by atoms with E-state index in [-0.39, 0.29) is 5.56 Å². The molecule has 1 fully saturated rings. The Balaban J connectivity index is 2.01. The maximum atomic E-state index is 13.0. The second kappa shape index (κ2) is 7.21. The number of rotatable bonds is 4. The lowest BCUT2D eigenvalue weighted by Gasteiger charge is -2.22. The lowest BCUT2D eigenvalue weighted by atomic mass is 9.92. The van der Waals surface area contributed by atoms with Crippen molar-refractivity contribution in [3.8, 4) is 0 Å². The third-order valence-corrected chi connectivity index (χ3v) is 3.70. The molecule has 27 heavy (non-hydrogen) atoms. The molecule has 0 radical (unpaired) electrons. The summed E-state index contributed by atoms with van der Waals surface area (Å²) in [6, 6.07) is 2.35. The van der Waals surface area contributed by atoms with Gasteiger partial charge in [0.25, 0.3) is 5.91 Å². The minimum absolute atomic E-state index is 0.257. The maximum Gasteiger partial charge on any atom is 0.405 e. The van der Waals surface area contributed by atoms with Gasteiger partial charge < -0.3 is 10.6 Å². The number of alkyl halides is 3. The molecule has 1 saturated heterocycles. The third-order valence-electron chi connectivity index (χ3n) is 3.70. The van der Waals surface area contributed by atoms with Gasteiger partial charge in [-0.25, -0.2) is 14.0 Å². The van der Waals surface area contributed by atoms with Crippen LogP contribution in [0.4, 0.5) is 27.2 Å². The van der Waals surface area contributed by atoms with E-state index >= 15 is 0 Å². The number of urea groups is 2. The average molecular weight is 390 g/mol. The van der Waals surface area contributed by atoms with Gasteiger partial charge in [0.15, 0.2) is 0 Å². The molecule has 2 rings (SSSR count). The van der Waals surface area contributed by atoms with Crippen LogP contribution in [0.1, 0.15) is 12.5 Å². The molecule has 8 nitrogen and oxygen atoms in total. The number of benzene rings is 1. The van der Waals surface area contributed by atoms with Crippen LogP contribution in [0.5, 0.6) is 0 Å². The summed E-state index contributed by atoms with van der Waals surface area (Å²) >= 11 is 0. The van der Waals surface area contributed by atoms with Gasteiger partial charge in [0, 0.05) is 0 Å². The first kappa shape index (κ1) is 20.1. The lowest BCUT2D eigenvalue weighted by molar-refractivity contribution is -0.134. The zero-order valence-electron chi connectivity index (χ0n) is 13.8. The Kier molecular flexibility index (Phi) is 5.38. The number of amides is 6. The molecule has 6 amide bonds. The Bertz CT molecular complexity index is 781. The molecule has 1 heterocycles. The second-order valence-electron chi connectivity index (χ2n) is 5.80. The summed E-state index contributed by atoms with van der Waals surface area (Å²) in [6.45, 7) is -1.20. The van der Waals surface area contributed by atoms with E-state index in [9.17, 15) is 36.7 Å². The second-order valence-corrected chi connectivity index (χ2v) is 5.80. The number of hydrogen-bond acceptors (Lipinski definition) is 4. The van der Waals surface area contributed by atoms with Crippen molar-refractivity contribution in [2.75, 3.05) is 13.1 Å². The highest BCUT2D eigenvalue weighted by molar-refractivity contribution is 6.10. The molecule has 0 saturated carbocycles. The van der Waals surface area contributed by atoms with Crippen molar-refractivity contribution in [2.45, 2.75) is 18.6 Å². The van der Waals surface area contributed by atoms with Gasteiger partial charge in [-0.2, -0.15) is 13.2 Å². The molecule has 0 spiro atoms. The summed E-state index contributed by atoms with van der Waals surface area (Å²) in [5, 5.41) is 5.35. The van der Waals surface area contributed by atoms with Crippen molar-refractivity contribution >= 4 is 23.9 Å². The summed E-state index contributed by atoms with van der Waals surface area (Å²) in [6.07, 6.45) is -4.66. The van der Waals surface area contributed by atoms with Crippen LogP contribution in [0.15, 0.2) is 24.3 Å². The van der Waals surface area contributed by atoms with E-state index in [2.05, 4.69) is 5.32 Å². The number of hydrogen-bond donors (Lipinski definition) is 3. The molecular formula is C15H14F4N4O4. The van der Waals surface area contributed by atoms with Crippen LogP contribution in [0.3, 0.4) is 0 Å². The van der Waals surface area contributed by atoms with Gasteiger partial charge in [0.05, 0.1) is 0 Å². The van der Waals surface area contributed by atoms with Crippen LogP contribution in [0.25, 0.3) is 0 Å². The number of nitrogens with one attached hydrogen (secondary N) is 3. The number of nitrogens with zero attached hydrogens (tertiary/aromatic N) is 1. The molecule has 3 N–H and O–H groups in total. The highest BCUT2D eigenvalue weighted by Gasteiger charge is 2.49. The summed E-state index contributed by atoms with van der Waals surface area (Å²) in [4.78, 5) is 48.0. The molecule has 1 aromatic rings. The number of carbonyl (C=O) groups excluding carboxylic acids is 4. The van der Waals surface area contributed by atoms with Gasteiger partial charge in [0.1, 0.15) is 24.4 Å². The smallest absolute Gasteiger partial charge is 0.329 e. The predicted octanol–water partition coefficient (Wildman–Crippen LogP) is 0.981. The summed E-state index contributed by atoms with van der Waals surface area (Å²) in [5.74, 6) is -2.56. The number of halogens is 4. The van der Waals surface area contributed by atoms with Crippen LogP contribution in [-0.4, -0.2) is 48.0 Å². The predicted molar refractivity (Wildman–Crippen MR) is 81.6 cm³/mol. The largest absolute Gasteiger partial charge is 0.405 e. The molecule has 12 heteroatoms. The summed E-state index contributed by atoms with van der Waals surface area (Å²) in [7, 11) is 0. The fraction of sp³-hybridized carbons (Fsp3) is 0.333. The first-order valence-electron chi connectivity index (χ1n) is 7.47. The van der Waals surface area contributed by atoms with Gasteiger partial charge in [-0.15, -0.1) is 0 Å². The van der Waals surface area contributed by atoms with Crippen LogP contribution in [-0.2, 0) is 15.1 Å². The van der Waals surface area contributed by atoms with Gasteiger partial charge >= 0.3 is 18.2 Å². The molecule has 0 aliphatic carbocycles. The van der Waals surface area contributed by atoms with Crippen molar-refractivity contribution in [3.05, 3.63) is 35.6 Å². The standard InChI is InChI=1S/C15H14F4N4O4/c1-14(8-2-4-9(16)5-3-8)11(25)23(13(27)22-14)6-10(24)21-12(26)20-7-15(17,18)19/h2-5H,6-7H2,1H3,(H,22,27)(H2,20,21,24,26). The number of imide groups is 2. The average Bonchev–Trinajstić information content (AvgIpc) is 2.77. The molecular weight excluding hydrogens is 376 g/mol. The minimum atomic E-state index is -4.66. The van der Waals surface area contributed by atoms with Crippen molar-refractivity contribution in [2.24, 2.45) is 0 Å². The quantitative estimate of drug-likeness (QED) is 0.526. The van der Waals surface area contributed by atoms with E-state index in [1.165, 1.54) is 24.4 Å². The van der Waals surface area contributed by atoms with Crippen LogP contribution in [0.2, 0.25) is 0 Å². The molecule has 1 aliphatic heterocycles. The van der Waals surface area contributed by atoms with E-state index in [0.29, 0.717) is 4.90 Å². The van der Waals surface area contributed by atoms with E-state index in [1.54, 1.807) is 5.32 Å². The lowest BCUT2D eigenvalue weighted by Crippen LogP contribution is -2.48. The molecule has 1 aromatic carbocycles. The van der Waals surface area contributed by atoms with Crippen LogP contribution in [0, 0.1) is 5.82 Å². The first-order chi connectivity index (χ1) is 12.4. The van der Waals surface area contributed by atoms with Crippen molar-refractivity contribution < 1.29 is 36.7 Å². The van der Waals surface area contributed by atoms with Gasteiger partial charge in [-0.05, 0) is 24.6 Å². The molecule has 0 aromatic heterocycles. The summed E-state index contributed by atoms with van der Waals surface area (Å²) in [5.41, 5.74) is -1.31. The Labute approximate surface area is 149 Å². The third kappa shape index (κ3) is 4.71. The zero-order chi connectivity index (χ0) is 20.4. The Morgan fingerprint density at radius 2 is 1.78 bits per heavy atom. The molecule has 1 unspecified atom stereocenters. The van der Waals surface area contributed by atoms with Crippen molar-refractivity contribution in [1.29, 1.82) is 0 Å². The van der Waals surface area contributed by atoms with E-state index in [1.807, 2.05) is 0 Å². The SMILES string of the molecule is CC1(c2ccc(F)cc2)NC(=O)N(CC(=O)NC(=O)NCC(F)(F)F)C1=O. The maximum absolute atomic E-state index is 13.0. The molecule has 1 atom stereocenters. The van der Waals surface area contributed by atoms with Crippen molar-refractivity contribution in [3.63, 3.8) is 0 Å². The van der Waals surface area contributed by atoms with Crippen molar-refractivity contribution in [1.82, 2.24) is 20.9 Å². The molecule has 0 bridgehead atoms. The first-order valence-corrected chi connectivity index (χ1v) is 7.47. The number of carbonyl (C=O) groups is 4. The topological polar surface area (TPSA) is 108 Å². The fourth-order valence-corrected chi connectivity index (χ4v) is 2.35. The Morgan fingerprint density at radius 3 is 2.33 bits per heavy atom. The van der Waals surface area contributed by atoms with Gasteiger partial charge in [-0.1, -0.05) is 12.1 Å². The fourth-order valence-electron chi connectivity index (χ4n) is 2.35. The van der Waals surface area contributed by atoms with E-state index in [0.717, 1.165) is 12.1 Å². The van der Waals surface area contributed by atoms with E-state index < -0.39 is 54.5 Å². The van der Waals surface area contributed by atoms with Crippen LogP contribution < -0.4 is 16.0 Å². The Morgan fingerprint density at radius 1 is 1.19 bits per heavy atom. The minimum Gasteiger partial charge on any atom is -0.329 e. The van der Waals surface area contributed by atoms with E-state index in [4.69, 9.17) is 0 Å². The molecule has 146 valence electrons. The highest BCUT2D eigenvalue weighted by atomic mass is 19.4. The van der Waals surface area contributed by atoms with Gasteiger partial charge in [-0.3, -0.25) is 19.8 Å². The zero-order valence-corrected chi connectivity index (χ0v) is 13.8. The van der Waals surface area contributed by atoms with Crippen LogP contribution >= 0.6 is 0 Å².